The highest BCUT2D eigenvalue weighted by Crippen LogP contribution is 2.32. The summed E-state index contributed by atoms with van der Waals surface area (Å²) < 4.78 is 81.5. The van der Waals surface area contributed by atoms with Crippen molar-refractivity contribution in [1.82, 2.24) is 35.2 Å². The number of carbonyl (C=O) groups is 11. The van der Waals surface area contributed by atoms with E-state index in [1.807, 2.05) is 25.7 Å². The van der Waals surface area contributed by atoms with Crippen molar-refractivity contribution in [2.45, 2.75) is 78.5 Å². The van der Waals surface area contributed by atoms with Crippen molar-refractivity contribution in [3.8, 4) is 0 Å². The number of nitrogens with zero attached hydrogens (tertiary/aromatic N) is 14. The zero-order valence-corrected chi connectivity index (χ0v) is 76.0. The van der Waals surface area contributed by atoms with Crippen LogP contribution in [0.1, 0.15) is 61.8 Å². The zero-order valence-electron chi connectivity index (χ0n) is 75.3. The smallest absolute Gasteiger partial charge is 0.464 e. The maximum atomic E-state index is 13.1. The summed E-state index contributed by atoms with van der Waals surface area (Å²) in [5.74, 6) is -8.01. The molecule has 136 heavy (non-hydrogen) atoms. The van der Waals surface area contributed by atoms with E-state index in [-0.39, 0.29) is 85.3 Å². The van der Waals surface area contributed by atoms with Gasteiger partial charge in [0.1, 0.15) is 39.8 Å². The van der Waals surface area contributed by atoms with Crippen molar-refractivity contribution >= 4 is 128 Å². The number of esters is 3. The molecule has 4 atom stereocenters. The number of nitrogens with one attached hydrogen (secondary N) is 2. The molecule has 10 N–H and O–H groups in total. The molecule has 0 radical (unpaired) electrons. The van der Waals surface area contributed by atoms with E-state index in [1.54, 1.807) is 102 Å². The Kier molecular flexibility index (Phi) is 42.7. The Hall–Kier alpha value is -14.2. The number of anilines is 5. The highest BCUT2D eigenvalue weighted by atomic mass is 35.5. The van der Waals surface area contributed by atoms with E-state index in [2.05, 4.69) is 44.7 Å². The SMILES string of the molecule is CCOC(=O)C(=O)[n+]1cc(N2CCOCC2)ccc1N.CCOC(=O)C(=O)[n+]1cc(N2CCOCC2)ccc1[N+](=O)[O-].CCOC(=O)Cl.CCOC(=O)NC1=CC(N2CCOCC2)=CN2C(=O)C(O)C(C(=O)CCc3ccc(F)cc3)=NC12.CCOC(=O)NC1=CC(N2CCOCC2)=CN2C(=O)C(O)C(C(=O)OC)=NC12.NCc1ccc(F)cc1.Nc1cc(N2CCOCC2)cnc1[N+](=O)[O-]. The lowest BCUT2D eigenvalue weighted by Gasteiger charge is -2.39. The van der Waals surface area contributed by atoms with Gasteiger partial charge in [-0.25, -0.2) is 52.1 Å². The Balaban J connectivity index is 0.000000205. The van der Waals surface area contributed by atoms with Gasteiger partial charge < -0.3 is 108 Å². The van der Waals surface area contributed by atoms with Gasteiger partial charge in [0.15, 0.2) is 42.2 Å². The van der Waals surface area contributed by atoms with Gasteiger partial charge in [-0.1, -0.05) is 28.8 Å². The largest absolute Gasteiger partial charge is 0.510 e. The third-order valence-corrected chi connectivity index (χ3v) is 20.4. The van der Waals surface area contributed by atoms with Gasteiger partial charge in [-0.2, -0.15) is 4.57 Å². The highest BCUT2D eigenvalue weighted by Gasteiger charge is 2.46. The van der Waals surface area contributed by atoms with Crippen molar-refractivity contribution in [3.63, 3.8) is 0 Å². The molecule has 14 rings (SSSR count). The summed E-state index contributed by atoms with van der Waals surface area (Å²) in [7, 11) is 1.12. The number of benzene rings is 2. The first-order valence-electron chi connectivity index (χ1n) is 42.8. The van der Waals surface area contributed by atoms with E-state index >= 15 is 0 Å². The second kappa shape index (κ2) is 54.2. The van der Waals surface area contributed by atoms with Crippen LogP contribution < -0.4 is 51.7 Å². The maximum Gasteiger partial charge on any atom is 0.510 e. The first kappa shape index (κ1) is 107. The number of ether oxygens (including phenoxy) is 11. The third-order valence-electron chi connectivity index (χ3n) is 20.3. The van der Waals surface area contributed by atoms with Gasteiger partial charge in [0.2, 0.25) is 6.20 Å². The monoisotopic (exact) mass is 1930 g/mol. The average Bonchev–Trinajstić information content (AvgIpc) is 0.763. The molecule has 5 fully saturated rings. The van der Waals surface area contributed by atoms with Crippen LogP contribution in [-0.2, 0) is 93.8 Å². The van der Waals surface area contributed by atoms with Crippen LogP contribution in [0.5, 0.6) is 0 Å². The van der Waals surface area contributed by atoms with Crippen LogP contribution in [-0.4, -0.2) is 317 Å². The van der Waals surface area contributed by atoms with Crippen LogP contribution in [0.3, 0.4) is 0 Å². The number of alkyl carbamates (subject to hydrolysis) is 2. The van der Waals surface area contributed by atoms with Gasteiger partial charge in [-0.05, 0) is 117 Å². The maximum absolute atomic E-state index is 13.1. The highest BCUT2D eigenvalue weighted by molar-refractivity contribution is 6.61. The number of halogens is 3. The molecule has 0 aliphatic carbocycles. The minimum atomic E-state index is -1.76. The Labute approximate surface area is 782 Å². The molecule has 734 valence electrons. The number of fused-ring (bicyclic) bond motifs is 2. The van der Waals surface area contributed by atoms with Gasteiger partial charge in [-0.3, -0.25) is 55.7 Å². The Morgan fingerprint density at radius 3 is 1.31 bits per heavy atom. The molecule has 50 heteroatoms. The molecule has 0 spiro atoms. The van der Waals surface area contributed by atoms with Gasteiger partial charge >= 0.3 is 59.0 Å². The summed E-state index contributed by atoms with van der Waals surface area (Å²) in [4.78, 5) is 176. The van der Waals surface area contributed by atoms with Crippen molar-refractivity contribution in [2.24, 2.45) is 15.7 Å². The number of ketones is 1. The van der Waals surface area contributed by atoms with Crippen LogP contribution in [0, 0.1) is 31.9 Å². The molecule has 0 saturated carbocycles. The number of aliphatic imine (C=N–C) groups is 2. The molecule has 12 heterocycles. The number of rotatable bonds is 20. The van der Waals surface area contributed by atoms with Gasteiger partial charge in [0, 0.05) is 108 Å². The van der Waals surface area contributed by atoms with Gasteiger partial charge in [0.25, 0.3) is 17.6 Å². The fraction of sp³-hybridized carbons (Fsp3) is 0.442. The van der Waals surface area contributed by atoms with E-state index in [0.29, 0.717) is 140 Å². The van der Waals surface area contributed by atoms with Crippen LogP contribution in [0.2, 0.25) is 0 Å². The van der Waals surface area contributed by atoms with E-state index in [1.165, 1.54) is 58.7 Å². The summed E-state index contributed by atoms with van der Waals surface area (Å²) in [5, 5.41) is 47.6. The molecule has 2 aromatic carbocycles. The molecule has 5 saturated heterocycles. The number of amides is 4. The standard InChI is InChI=1S/C24H27FN4O6.C17H22N4O7.C13H16N3O6.C13H17N3O4.C9H12N4O3.C7H8FN.C3H5ClO2/c1-2-35-24(33)26-18-13-17(28-9-11-34-12-10-28)14-29-22(18)27-20(21(31)23(29)32)19(30)8-5-15-3-6-16(25)7-4-15;1-3-28-17(25)18-11-8-10(20-4-6-27-7-5-20)9-21-14(11)19-12(16(24)26-2)13(22)15(21)23;1-2-22-13(18)12(17)15-9-10(3-4-11(15)16(19)20)14-5-7-21-8-6-14;1-2-20-13(18)12(17)16-9-10(3-4-11(16)14)15-5-7-19-8-6-15;10-8-5-7(6-11-9(8)13(14)15)12-1-3-16-4-2-12;8-7-3-1-6(5-9)2-4-7;1-2-6-3(4)5/h3-4,6-7,13-14,21-22,31H,2,5,8-12H2,1H3,(H,26,33);8-9,13-14,22H,3-7H2,1-2H3,(H,18,25);3-4,9H,2,5-8H2,1H3;3-4,9,14H,2,5-8H2,1H3;5-6H,1-4,10H2;1-4H,5,9H2;2H2,1H3/q;;+1;;;;/p+1. The lowest BCUT2D eigenvalue weighted by atomic mass is 9.98. The van der Waals surface area contributed by atoms with Gasteiger partial charge in [0.05, 0.1) is 146 Å². The first-order chi connectivity index (χ1) is 65.3. The number of aromatic nitrogens is 3. The number of methoxy groups -OCH3 is 1. The van der Waals surface area contributed by atoms with E-state index in [0.717, 1.165) is 60.4 Å². The number of aryl methyl sites for hydroxylation is 1. The number of morpholine rings is 5. The minimum absolute atomic E-state index is 0.0160. The minimum Gasteiger partial charge on any atom is -0.464 e. The molecule has 9 aliphatic heterocycles. The predicted octanol–water partition coefficient (Wildman–Crippen LogP) is 2.65. The third kappa shape index (κ3) is 31.2. The van der Waals surface area contributed by atoms with Crippen molar-refractivity contribution < 1.29 is 143 Å². The molecule has 5 aromatic rings. The molecule has 9 aliphatic rings. The van der Waals surface area contributed by atoms with Crippen LogP contribution >= 0.6 is 11.6 Å². The van der Waals surface area contributed by atoms with Gasteiger partial charge in [-0.15, -0.1) is 0 Å². The molecular weight excluding hydrogens is 1820 g/mol. The summed E-state index contributed by atoms with van der Waals surface area (Å²) in [6, 6.07) is 19.6. The van der Waals surface area contributed by atoms with Crippen molar-refractivity contribution in [1.29, 1.82) is 0 Å². The van der Waals surface area contributed by atoms with E-state index < -0.39 is 111 Å². The van der Waals surface area contributed by atoms with E-state index in [9.17, 15) is 92.0 Å². The Morgan fingerprint density at radius 1 is 0.529 bits per heavy atom. The molecule has 3 aromatic heterocycles. The predicted molar refractivity (Wildman–Crippen MR) is 478 cm³/mol. The summed E-state index contributed by atoms with van der Waals surface area (Å²) in [5.41, 5.74) is 20.9. The molecule has 0 bridgehead atoms. The number of aliphatic hydroxyl groups excluding tert-OH is 2. The topological polar surface area (TPSA) is 586 Å². The number of allylic oxidation sites excluding steroid dienone is 2. The zero-order chi connectivity index (χ0) is 99.1. The number of aliphatic hydroxyl groups is 2. The second-order valence-corrected chi connectivity index (χ2v) is 29.4. The Bertz CT molecular complexity index is 5240. The molecule has 47 nitrogen and oxygen atoms in total. The van der Waals surface area contributed by atoms with Crippen LogP contribution in [0.4, 0.5) is 63.4 Å². The van der Waals surface area contributed by atoms with E-state index in [4.69, 9.17) is 66.7 Å². The van der Waals surface area contributed by atoms with Crippen molar-refractivity contribution in [3.05, 3.63) is 188 Å². The fourth-order valence-corrected chi connectivity index (χ4v) is 13.6. The Morgan fingerprint density at radius 2 is 0.919 bits per heavy atom. The normalized spacial score (nSPS) is 18.1. The lowest BCUT2D eigenvalue weighted by molar-refractivity contribution is -0.636. The summed E-state index contributed by atoms with van der Waals surface area (Å²) in [6.45, 7) is 21.7. The summed E-state index contributed by atoms with van der Waals surface area (Å²) in [6.07, 6.45) is 4.00. The molecule has 4 unspecified atom stereocenters. The number of pyridine rings is 3. The van der Waals surface area contributed by atoms with Crippen LogP contribution in [0.25, 0.3) is 0 Å². The number of nitrogens with two attached hydrogens (primary N) is 3. The number of carbonyl (C=O) groups excluding carboxylic acids is 11. The van der Waals surface area contributed by atoms with Crippen LogP contribution in [0.15, 0.2) is 155 Å². The number of Topliss-reactive ketones (excluding diaryl/α,β-unsaturated/α-hetero) is 1. The quantitative estimate of drug-likeness (QED) is 0.0112. The number of nitro groups is 2. The van der Waals surface area contributed by atoms with Crippen molar-refractivity contribution in [2.75, 3.05) is 198 Å². The molecular formula is C86H108ClF2N19O28+2. The molecule has 4 amide bonds. The number of hydrogen-bond donors (Lipinski definition) is 7. The first-order valence-corrected chi connectivity index (χ1v) is 43.2. The number of hydrogen-bond acceptors (Lipinski definition) is 39. The summed E-state index contributed by atoms with van der Waals surface area (Å²) >= 11 is 4.72. The fourth-order valence-electron chi connectivity index (χ4n) is 13.5. The second-order valence-electron chi connectivity index (χ2n) is 29.1. The number of nitrogen functional groups attached to an aromatic ring is 2. The lowest BCUT2D eigenvalue weighted by Crippen LogP contribution is -2.56. The average molecular weight is 1930 g/mol.